The quantitative estimate of drug-likeness (QED) is 0.535. The predicted octanol–water partition coefficient (Wildman–Crippen LogP) is 4.33. The van der Waals surface area contributed by atoms with E-state index in [0.717, 1.165) is 21.6 Å². The zero-order chi connectivity index (χ0) is 19.1. The smallest absolute Gasteiger partial charge is 0.263 e. The Bertz CT molecular complexity index is 928. The van der Waals surface area contributed by atoms with Crippen molar-refractivity contribution in [3.63, 3.8) is 0 Å². The second kappa shape index (κ2) is 9.78. The number of hydrogen-bond donors (Lipinski definition) is 2. The number of thioether (sulfide) groups is 1. The highest BCUT2D eigenvalue weighted by atomic mass is 35.5. The number of fused-ring (bicyclic) bond motifs is 1. The van der Waals surface area contributed by atoms with Crippen molar-refractivity contribution in [3.05, 3.63) is 70.1 Å². The molecule has 1 heterocycles. The van der Waals surface area contributed by atoms with Gasteiger partial charge in [0.25, 0.3) is 5.91 Å². The van der Waals surface area contributed by atoms with E-state index in [2.05, 4.69) is 22.8 Å². The molecule has 2 N–H and O–H groups in total. The van der Waals surface area contributed by atoms with Crippen LogP contribution >= 0.6 is 34.7 Å². The Balaban J connectivity index is 1.38. The van der Waals surface area contributed by atoms with E-state index in [9.17, 15) is 9.59 Å². The molecule has 3 aromatic rings. The van der Waals surface area contributed by atoms with Gasteiger partial charge < -0.3 is 10.6 Å². The van der Waals surface area contributed by atoms with Gasteiger partial charge in [-0.15, -0.1) is 11.3 Å². The molecule has 0 fully saturated rings. The third-order valence-corrected chi connectivity index (χ3v) is 6.54. The summed E-state index contributed by atoms with van der Waals surface area (Å²) < 4.78 is 0.951. The summed E-state index contributed by atoms with van der Waals surface area (Å²) in [5.74, 6) is 1.20. The minimum atomic E-state index is -0.324. The van der Waals surface area contributed by atoms with Gasteiger partial charge in [0, 0.05) is 28.1 Å². The molecule has 0 radical (unpaired) electrons. The van der Waals surface area contributed by atoms with Gasteiger partial charge in [0.15, 0.2) is 0 Å². The Morgan fingerprint density at radius 1 is 1.00 bits per heavy atom. The predicted molar refractivity (Wildman–Crippen MR) is 115 cm³/mol. The monoisotopic (exact) mass is 418 g/mol. The van der Waals surface area contributed by atoms with Crippen LogP contribution < -0.4 is 10.6 Å². The van der Waals surface area contributed by atoms with Crippen LogP contribution in [0, 0.1) is 0 Å². The van der Waals surface area contributed by atoms with Gasteiger partial charge in [-0.3, -0.25) is 9.59 Å². The topological polar surface area (TPSA) is 58.2 Å². The molecule has 3 rings (SSSR count). The maximum Gasteiger partial charge on any atom is 0.263 e. The van der Waals surface area contributed by atoms with Crippen molar-refractivity contribution in [1.82, 2.24) is 10.6 Å². The molecule has 0 saturated heterocycles. The zero-order valence-electron chi connectivity index (χ0n) is 14.5. The van der Waals surface area contributed by atoms with Crippen LogP contribution in [0.15, 0.2) is 54.6 Å². The van der Waals surface area contributed by atoms with Crippen molar-refractivity contribution in [2.24, 2.45) is 0 Å². The summed E-state index contributed by atoms with van der Waals surface area (Å²) in [7, 11) is 0. The number of rotatable bonds is 8. The first-order chi connectivity index (χ1) is 13.1. The van der Waals surface area contributed by atoms with Crippen molar-refractivity contribution < 1.29 is 9.59 Å². The minimum absolute atomic E-state index is 0.0627. The highest BCUT2D eigenvalue weighted by Crippen LogP contribution is 2.34. The lowest BCUT2D eigenvalue weighted by Gasteiger charge is -2.06. The highest BCUT2D eigenvalue weighted by Gasteiger charge is 2.17. The molecule has 0 atom stereocenters. The van der Waals surface area contributed by atoms with Gasteiger partial charge in [-0.1, -0.05) is 60.1 Å². The van der Waals surface area contributed by atoms with Crippen LogP contribution in [0.3, 0.4) is 0 Å². The molecule has 0 spiro atoms. The fourth-order valence-corrected chi connectivity index (χ4v) is 4.74. The molecule has 27 heavy (non-hydrogen) atoms. The van der Waals surface area contributed by atoms with Crippen molar-refractivity contribution >= 4 is 56.6 Å². The standard InChI is InChI=1S/C20H19ClN2O2S2/c21-18-15-8-4-5-9-16(15)27-19(18)20(25)23-12-17(24)22-10-11-26-13-14-6-2-1-3-7-14/h1-9H,10-13H2,(H,22,24)(H,23,25). The molecule has 4 nitrogen and oxygen atoms in total. The minimum Gasteiger partial charge on any atom is -0.354 e. The summed E-state index contributed by atoms with van der Waals surface area (Å²) in [5.41, 5.74) is 1.27. The average molecular weight is 419 g/mol. The average Bonchev–Trinajstić information content (AvgIpc) is 3.04. The molecule has 0 aliphatic heterocycles. The van der Waals surface area contributed by atoms with E-state index in [-0.39, 0.29) is 18.4 Å². The SMILES string of the molecule is O=C(CNC(=O)c1sc2ccccc2c1Cl)NCCSCc1ccccc1. The lowest BCUT2D eigenvalue weighted by Crippen LogP contribution is -2.37. The first kappa shape index (κ1) is 19.7. The van der Waals surface area contributed by atoms with Gasteiger partial charge >= 0.3 is 0 Å². The Kier molecular flexibility index (Phi) is 7.15. The molecule has 140 valence electrons. The second-order valence-electron chi connectivity index (χ2n) is 5.81. The van der Waals surface area contributed by atoms with E-state index >= 15 is 0 Å². The van der Waals surface area contributed by atoms with Crippen LogP contribution in [0.2, 0.25) is 5.02 Å². The third kappa shape index (κ3) is 5.48. The van der Waals surface area contributed by atoms with E-state index in [1.54, 1.807) is 11.8 Å². The van der Waals surface area contributed by atoms with Crippen molar-refractivity contribution in [2.75, 3.05) is 18.8 Å². The zero-order valence-corrected chi connectivity index (χ0v) is 16.9. The number of nitrogens with one attached hydrogen (secondary N) is 2. The summed E-state index contributed by atoms with van der Waals surface area (Å²) >= 11 is 9.37. The lowest BCUT2D eigenvalue weighted by molar-refractivity contribution is -0.120. The molecule has 2 aromatic carbocycles. The molecule has 2 amide bonds. The van der Waals surface area contributed by atoms with Crippen molar-refractivity contribution in [3.8, 4) is 0 Å². The summed E-state index contributed by atoms with van der Waals surface area (Å²) in [6.07, 6.45) is 0. The number of hydrogen-bond acceptors (Lipinski definition) is 4. The van der Waals surface area contributed by atoms with Crippen LogP contribution in [0.5, 0.6) is 0 Å². The molecule has 0 unspecified atom stereocenters. The normalized spacial score (nSPS) is 10.7. The number of carbonyl (C=O) groups is 2. The Labute approximate surface area is 171 Å². The molecule has 0 bridgehead atoms. The fraction of sp³-hybridized carbons (Fsp3) is 0.200. The molecule has 7 heteroatoms. The van der Waals surface area contributed by atoms with Crippen molar-refractivity contribution in [2.45, 2.75) is 5.75 Å². The summed E-state index contributed by atoms with van der Waals surface area (Å²) in [6.45, 7) is 0.503. The lowest BCUT2D eigenvalue weighted by atomic mass is 10.2. The maximum absolute atomic E-state index is 12.3. The Morgan fingerprint density at radius 3 is 2.52 bits per heavy atom. The summed E-state index contributed by atoms with van der Waals surface area (Å²) in [4.78, 5) is 24.6. The number of carbonyl (C=O) groups excluding carboxylic acids is 2. The molecule has 0 aliphatic rings. The van der Waals surface area contributed by atoms with Gasteiger partial charge in [0.05, 0.1) is 11.6 Å². The van der Waals surface area contributed by atoms with Crippen LogP contribution in [0.1, 0.15) is 15.2 Å². The van der Waals surface area contributed by atoms with Crippen LogP contribution in [-0.4, -0.2) is 30.7 Å². The van der Waals surface area contributed by atoms with E-state index in [0.29, 0.717) is 16.4 Å². The molecular weight excluding hydrogens is 400 g/mol. The van der Waals surface area contributed by atoms with E-state index in [4.69, 9.17) is 11.6 Å². The summed E-state index contributed by atoms with van der Waals surface area (Å²) in [6, 6.07) is 17.8. The van der Waals surface area contributed by atoms with Gasteiger partial charge in [0.2, 0.25) is 5.91 Å². The number of halogens is 1. The summed E-state index contributed by atoms with van der Waals surface area (Å²) in [5, 5.41) is 6.74. The van der Waals surface area contributed by atoms with Gasteiger partial charge in [-0.2, -0.15) is 11.8 Å². The number of thiophene rings is 1. The van der Waals surface area contributed by atoms with E-state index in [1.807, 2.05) is 42.5 Å². The van der Waals surface area contributed by atoms with Gasteiger partial charge in [-0.05, 0) is 11.6 Å². The second-order valence-corrected chi connectivity index (χ2v) is 8.35. The first-order valence-electron chi connectivity index (χ1n) is 8.49. The van der Waals surface area contributed by atoms with Gasteiger partial charge in [0.1, 0.15) is 4.88 Å². The van der Waals surface area contributed by atoms with Crippen LogP contribution in [-0.2, 0) is 10.5 Å². The van der Waals surface area contributed by atoms with E-state index in [1.165, 1.54) is 16.9 Å². The van der Waals surface area contributed by atoms with E-state index < -0.39 is 0 Å². The molecule has 0 saturated carbocycles. The fourth-order valence-electron chi connectivity index (χ4n) is 2.49. The maximum atomic E-state index is 12.3. The molecule has 1 aromatic heterocycles. The van der Waals surface area contributed by atoms with Crippen molar-refractivity contribution in [1.29, 1.82) is 0 Å². The number of benzene rings is 2. The molecular formula is C20H19ClN2O2S2. The van der Waals surface area contributed by atoms with Crippen LogP contribution in [0.4, 0.5) is 0 Å². The first-order valence-corrected chi connectivity index (χ1v) is 10.8. The number of amides is 2. The molecule has 0 aliphatic carbocycles. The van der Waals surface area contributed by atoms with Crippen LogP contribution in [0.25, 0.3) is 10.1 Å². The van der Waals surface area contributed by atoms with Gasteiger partial charge in [-0.25, -0.2) is 0 Å². The largest absolute Gasteiger partial charge is 0.354 e. The highest BCUT2D eigenvalue weighted by molar-refractivity contribution is 7.98. The Hall–Kier alpha value is -2.02. The third-order valence-electron chi connectivity index (χ3n) is 3.83. The Morgan fingerprint density at radius 2 is 1.74 bits per heavy atom.